The van der Waals surface area contributed by atoms with Gasteiger partial charge in [0.05, 0.1) is 12.6 Å². The third-order valence-corrected chi connectivity index (χ3v) is 4.33. The summed E-state index contributed by atoms with van der Waals surface area (Å²) in [4.78, 5) is 30.7. The molecular formula is C19H21N3O2. The van der Waals surface area contributed by atoms with Crippen molar-refractivity contribution in [2.75, 3.05) is 13.1 Å². The maximum Gasteiger partial charge on any atom is 0.251 e. The van der Waals surface area contributed by atoms with Crippen molar-refractivity contribution in [3.8, 4) is 0 Å². The molecule has 0 spiro atoms. The Morgan fingerprint density at radius 1 is 1.12 bits per heavy atom. The lowest BCUT2D eigenvalue weighted by Gasteiger charge is -2.36. The van der Waals surface area contributed by atoms with E-state index < -0.39 is 0 Å². The molecule has 1 saturated heterocycles. The molecule has 1 aliphatic heterocycles. The van der Waals surface area contributed by atoms with Crippen molar-refractivity contribution in [2.45, 2.75) is 25.3 Å². The van der Waals surface area contributed by atoms with Gasteiger partial charge in [0.15, 0.2) is 0 Å². The van der Waals surface area contributed by atoms with Gasteiger partial charge in [-0.05, 0) is 43.0 Å². The van der Waals surface area contributed by atoms with Crippen LogP contribution in [0.4, 0.5) is 0 Å². The molecule has 1 atom stereocenters. The lowest BCUT2D eigenvalue weighted by Crippen LogP contribution is -2.44. The second-order valence-electron chi connectivity index (χ2n) is 5.93. The summed E-state index contributed by atoms with van der Waals surface area (Å²) in [6.07, 6.45) is 6.58. The van der Waals surface area contributed by atoms with E-state index in [2.05, 4.69) is 10.3 Å². The quantitative estimate of drug-likeness (QED) is 0.940. The Hall–Kier alpha value is -2.69. The molecule has 5 nitrogen and oxygen atoms in total. The molecule has 124 valence electrons. The highest BCUT2D eigenvalue weighted by atomic mass is 16.2. The summed E-state index contributed by atoms with van der Waals surface area (Å²) < 4.78 is 0. The van der Waals surface area contributed by atoms with E-state index in [1.165, 1.54) is 0 Å². The average Bonchev–Trinajstić information content (AvgIpc) is 2.67. The topological polar surface area (TPSA) is 62.3 Å². The van der Waals surface area contributed by atoms with E-state index in [0.29, 0.717) is 5.56 Å². The summed E-state index contributed by atoms with van der Waals surface area (Å²) in [5.41, 5.74) is 1.62. The van der Waals surface area contributed by atoms with E-state index in [1.54, 1.807) is 30.5 Å². The number of amides is 2. The van der Waals surface area contributed by atoms with Gasteiger partial charge in [-0.2, -0.15) is 0 Å². The van der Waals surface area contributed by atoms with Gasteiger partial charge in [-0.25, -0.2) is 0 Å². The lowest BCUT2D eigenvalue weighted by molar-refractivity contribution is -0.133. The molecule has 2 aromatic rings. The molecule has 24 heavy (non-hydrogen) atoms. The predicted molar refractivity (Wildman–Crippen MR) is 91.3 cm³/mol. The van der Waals surface area contributed by atoms with Crippen LogP contribution in [-0.4, -0.2) is 34.8 Å². The molecule has 2 heterocycles. The van der Waals surface area contributed by atoms with Gasteiger partial charge in [0, 0.05) is 24.5 Å². The van der Waals surface area contributed by atoms with Crippen LogP contribution >= 0.6 is 0 Å². The fraction of sp³-hybridized carbons (Fsp3) is 0.316. The molecule has 0 bridgehead atoms. The number of pyridine rings is 1. The van der Waals surface area contributed by atoms with Crippen LogP contribution in [0.5, 0.6) is 0 Å². The highest BCUT2D eigenvalue weighted by Gasteiger charge is 2.28. The minimum Gasteiger partial charge on any atom is -0.343 e. The van der Waals surface area contributed by atoms with Crippen LogP contribution in [0.3, 0.4) is 0 Å². The standard InChI is InChI=1S/C19H21N3O2/c23-18(14-21-19(24)15-7-2-1-3-8-15)22-12-5-4-10-17(22)16-9-6-11-20-13-16/h1-3,6-9,11,13,17H,4-5,10,12,14H2,(H,21,24)/t17-/m0/s1. The summed E-state index contributed by atoms with van der Waals surface area (Å²) in [7, 11) is 0. The molecule has 0 unspecified atom stereocenters. The van der Waals surface area contributed by atoms with Gasteiger partial charge in [0.2, 0.25) is 5.91 Å². The van der Waals surface area contributed by atoms with Crippen molar-refractivity contribution in [2.24, 2.45) is 0 Å². The molecule has 0 saturated carbocycles. The van der Waals surface area contributed by atoms with E-state index >= 15 is 0 Å². The number of rotatable bonds is 4. The summed E-state index contributed by atoms with van der Waals surface area (Å²) in [5, 5.41) is 2.72. The minimum absolute atomic E-state index is 0.0183. The third-order valence-electron chi connectivity index (χ3n) is 4.33. The van der Waals surface area contributed by atoms with Crippen molar-refractivity contribution < 1.29 is 9.59 Å². The minimum atomic E-state index is -0.223. The summed E-state index contributed by atoms with van der Waals surface area (Å²) >= 11 is 0. The largest absolute Gasteiger partial charge is 0.343 e. The zero-order chi connectivity index (χ0) is 16.8. The Morgan fingerprint density at radius 3 is 2.71 bits per heavy atom. The first-order chi connectivity index (χ1) is 11.8. The zero-order valence-electron chi connectivity index (χ0n) is 13.5. The average molecular weight is 323 g/mol. The first-order valence-electron chi connectivity index (χ1n) is 8.28. The molecule has 0 aliphatic carbocycles. The summed E-state index contributed by atoms with van der Waals surface area (Å²) in [6, 6.07) is 12.9. The molecule has 1 aromatic carbocycles. The Morgan fingerprint density at radius 2 is 1.96 bits per heavy atom. The SMILES string of the molecule is O=C(NCC(=O)N1CCCC[C@H]1c1cccnc1)c1ccccc1. The molecule has 1 aromatic heterocycles. The number of piperidine rings is 1. The number of aromatic nitrogens is 1. The molecule has 1 N–H and O–H groups in total. The van der Waals surface area contributed by atoms with Crippen LogP contribution in [0.1, 0.15) is 41.2 Å². The summed E-state index contributed by atoms with van der Waals surface area (Å²) in [5.74, 6) is -0.272. The molecule has 0 radical (unpaired) electrons. The lowest BCUT2D eigenvalue weighted by atomic mass is 9.96. The Bertz CT molecular complexity index is 688. The number of hydrogen-bond donors (Lipinski definition) is 1. The molecule has 1 aliphatic rings. The van der Waals surface area contributed by atoms with E-state index in [9.17, 15) is 9.59 Å². The molecule has 5 heteroatoms. The van der Waals surface area contributed by atoms with E-state index in [-0.39, 0.29) is 24.4 Å². The number of carbonyl (C=O) groups excluding carboxylic acids is 2. The van der Waals surface area contributed by atoms with Crippen LogP contribution in [0, 0.1) is 0 Å². The maximum atomic E-state index is 12.6. The van der Waals surface area contributed by atoms with Crippen molar-refractivity contribution in [3.05, 3.63) is 66.0 Å². The summed E-state index contributed by atoms with van der Waals surface area (Å²) in [6.45, 7) is 0.740. The number of carbonyl (C=O) groups is 2. The fourth-order valence-electron chi connectivity index (χ4n) is 3.10. The fourth-order valence-corrected chi connectivity index (χ4v) is 3.10. The normalized spacial score (nSPS) is 17.3. The van der Waals surface area contributed by atoms with Gasteiger partial charge in [-0.3, -0.25) is 14.6 Å². The van der Waals surface area contributed by atoms with Crippen LogP contribution in [0.25, 0.3) is 0 Å². The first-order valence-corrected chi connectivity index (χ1v) is 8.28. The van der Waals surface area contributed by atoms with Gasteiger partial charge < -0.3 is 10.2 Å². The van der Waals surface area contributed by atoms with E-state index in [1.807, 2.05) is 29.3 Å². The second-order valence-corrected chi connectivity index (χ2v) is 5.93. The smallest absolute Gasteiger partial charge is 0.251 e. The van der Waals surface area contributed by atoms with Crippen molar-refractivity contribution in [1.29, 1.82) is 0 Å². The second kappa shape index (κ2) is 7.73. The van der Waals surface area contributed by atoms with Crippen molar-refractivity contribution >= 4 is 11.8 Å². The van der Waals surface area contributed by atoms with E-state index in [0.717, 1.165) is 31.4 Å². The van der Waals surface area contributed by atoms with Gasteiger partial charge >= 0.3 is 0 Å². The molecule has 3 rings (SSSR count). The van der Waals surface area contributed by atoms with Crippen LogP contribution in [-0.2, 0) is 4.79 Å². The van der Waals surface area contributed by atoms with Crippen LogP contribution in [0.2, 0.25) is 0 Å². The number of nitrogens with one attached hydrogen (secondary N) is 1. The number of likely N-dealkylation sites (tertiary alicyclic amines) is 1. The van der Waals surface area contributed by atoms with Gasteiger partial charge in [0.1, 0.15) is 0 Å². The Kier molecular flexibility index (Phi) is 5.21. The van der Waals surface area contributed by atoms with Gasteiger partial charge in [-0.15, -0.1) is 0 Å². The van der Waals surface area contributed by atoms with Gasteiger partial charge in [-0.1, -0.05) is 24.3 Å². The van der Waals surface area contributed by atoms with Gasteiger partial charge in [0.25, 0.3) is 5.91 Å². The van der Waals surface area contributed by atoms with E-state index in [4.69, 9.17) is 0 Å². The maximum absolute atomic E-state index is 12.6. The van der Waals surface area contributed by atoms with Crippen molar-refractivity contribution in [3.63, 3.8) is 0 Å². The number of nitrogens with zero attached hydrogens (tertiary/aromatic N) is 2. The van der Waals surface area contributed by atoms with Crippen molar-refractivity contribution in [1.82, 2.24) is 15.2 Å². The number of benzene rings is 1. The number of hydrogen-bond acceptors (Lipinski definition) is 3. The predicted octanol–water partition coefficient (Wildman–Crippen LogP) is 2.57. The zero-order valence-corrected chi connectivity index (χ0v) is 13.5. The molecule has 1 fully saturated rings. The highest BCUT2D eigenvalue weighted by molar-refractivity contribution is 5.96. The Labute approximate surface area is 141 Å². The van der Waals surface area contributed by atoms with Crippen LogP contribution in [0.15, 0.2) is 54.9 Å². The molecule has 2 amide bonds. The highest BCUT2D eigenvalue weighted by Crippen LogP contribution is 2.30. The Balaban J connectivity index is 1.63. The monoisotopic (exact) mass is 323 g/mol. The first kappa shape index (κ1) is 16.2. The third kappa shape index (κ3) is 3.79. The molecular weight excluding hydrogens is 302 g/mol. The van der Waals surface area contributed by atoms with Crippen LogP contribution < -0.4 is 5.32 Å².